The molecule has 29 heavy (non-hydrogen) atoms. The summed E-state index contributed by atoms with van der Waals surface area (Å²) in [6.45, 7) is 2.88. The van der Waals surface area contributed by atoms with E-state index in [0.717, 1.165) is 17.4 Å². The van der Waals surface area contributed by atoms with Gasteiger partial charge in [0, 0.05) is 5.69 Å². The SMILES string of the molecule is Cc1ccc(NC(=O)C(F)(F)C(F)(F)C(F)(F)C(F)(F)C(F)(F)C(F)F)cc1C. The van der Waals surface area contributed by atoms with Gasteiger partial charge in [0.1, 0.15) is 0 Å². The van der Waals surface area contributed by atoms with E-state index in [1.807, 2.05) is 0 Å². The lowest BCUT2D eigenvalue weighted by molar-refractivity contribution is -0.406. The third kappa shape index (κ3) is 3.72. The van der Waals surface area contributed by atoms with E-state index in [-0.39, 0.29) is 0 Å². The van der Waals surface area contributed by atoms with Crippen LogP contribution >= 0.6 is 0 Å². The van der Waals surface area contributed by atoms with Crippen LogP contribution in [0.5, 0.6) is 0 Å². The van der Waals surface area contributed by atoms with Crippen molar-refractivity contribution >= 4 is 11.6 Å². The first-order valence-corrected chi connectivity index (χ1v) is 7.31. The van der Waals surface area contributed by atoms with Crippen molar-refractivity contribution in [2.24, 2.45) is 0 Å². The summed E-state index contributed by atoms with van der Waals surface area (Å²) in [5.74, 6) is -39.9. The van der Waals surface area contributed by atoms with Crippen molar-refractivity contribution in [3.05, 3.63) is 29.3 Å². The van der Waals surface area contributed by atoms with Crippen molar-refractivity contribution in [2.45, 2.75) is 49.9 Å². The molecule has 0 radical (unpaired) electrons. The number of nitrogens with one attached hydrogen (secondary N) is 1. The Hall–Kier alpha value is -2.15. The van der Waals surface area contributed by atoms with Gasteiger partial charge in [-0.05, 0) is 37.1 Å². The predicted octanol–water partition coefficient (Wildman–Crippen LogP) is 5.68. The summed E-state index contributed by atoms with van der Waals surface area (Å²) in [4.78, 5) is 11.4. The van der Waals surface area contributed by atoms with E-state index in [1.54, 1.807) is 0 Å². The molecule has 0 unspecified atom stereocenters. The molecule has 0 aliphatic heterocycles. The Morgan fingerprint density at radius 2 is 1.28 bits per heavy atom. The summed E-state index contributed by atoms with van der Waals surface area (Å²) >= 11 is 0. The van der Waals surface area contributed by atoms with Crippen LogP contribution in [0.15, 0.2) is 18.2 Å². The standard InChI is InChI=1S/C15H11F12NO/c1-6-3-4-8(5-7(6)2)28-10(29)12(20,21)14(24,25)15(26,27)13(22,23)11(18,19)9(16)17/h3-5,9H,1-2H3,(H,28,29). The molecule has 0 saturated carbocycles. The van der Waals surface area contributed by atoms with Gasteiger partial charge in [-0.15, -0.1) is 0 Å². The second-order valence-electron chi connectivity index (χ2n) is 5.97. The Morgan fingerprint density at radius 1 is 0.793 bits per heavy atom. The molecular weight excluding hydrogens is 438 g/mol. The number of anilines is 1. The zero-order valence-corrected chi connectivity index (χ0v) is 14.3. The Balaban J connectivity index is 3.35. The molecule has 0 fully saturated rings. The van der Waals surface area contributed by atoms with E-state index in [2.05, 4.69) is 0 Å². The highest BCUT2D eigenvalue weighted by molar-refractivity contribution is 5.97. The quantitative estimate of drug-likeness (QED) is 0.533. The number of aryl methyl sites for hydroxylation is 2. The van der Waals surface area contributed by atoms with E-state index in [4.69, 9.17) is 0 Å². The number of hydrogen-bond acceptors (Lipinski definition) is 1. The highest BCUT2D eigenvalue weighted by atomic mass is 19.4. The lowest BCUT2D eigenvalue weighted by Crippen LogP contribution is -2.70. The van der Waals surface area contributed by atoms with Crippen LogP contribution in [-0.4, -0.2) is 41.9 Å². The average Bonchev–Trinajstić information content (AvgIpc) is 2.57. The van der Waals surface area contributed by atoms with Gasteiger partial charge in [-0.2, -0.15) is 43.9 Å². The number of rotatable bonds is 7. The topological polar surface area (TPSA) is 29.1 Å². The summed E-state index contributed by atoms with van der Waals surface area (Å²) in [6, 6.07) is 2.98. The Labute approximate surface area is 154 Å². The van der Waals surface area contributed by atoms with Crippen molar-refractivity contribution in [2.75, 3.05) is 5.32 Å². The average molecular weight is 449 g/mol. The third-order valence-corrected chi connectivity index (χ3v) is 3.93. The van der Waals surface area contributed by atoms with Crippen molar-refractivity contribution < 1.29 is 57.5 Å². The van der Waals surface area contributed by atoms with Crippen LogP contribution in [0.4, 0.5) is 58.4 Å². The number of hydrogen-bond donors (Lipinski definition) is 1. The smallest absolute Gasteiger partial charge is 0.321 e. The fourth-order valence-corrected chi connectivity index (χ4v) is 1.91. The summed E-state index contributed by atoms with van der Waals surface area (Å²) in [5, 5.41) is 1.06. The van der Waals surface area contributed by atoms with Crippen molar-refractivity contribution in [3.63, 3.8) is 0 Å². The van der Waals surface area contributed by atoms with Crippen LogP contribution in [0.3, 0.4) is 0 Å². The van der Waals surface area contributed by atoms with E-state index in [1.165, 1.54) is 19.9 Å². The van der Waals surface area contributed by atoms with E-state index in [0.29, 0.717) is 11.1 Å². The zero-order valence-electron chi connectivity index (χ0n) is 14.3. The van der Waals surface area contributed by atoms with E-state index >= 15 is 0 Å². The summed E-state index contributed by atoms with van der Waals surface area (Å²) in [5.41, 5.74) is 0.202. The molecule has 1 N–H and O–H groups in total. The van der Waals surface area contributed by atoms with Crippen LogP contribution in [0, 0.1) is 13.8 Å². The number of benzene rings is 1. The van der Waals surface area contributed by atoms with Gasteiger partial charge in [0.2, 0.25) is 0 Å². The van der Waals surface area contributed by atoms with Crippen LogP contribution in [-0.2, 0) is 4.79 Å². The maximum absolute atomic E-state index is 13.7. The predicted molar refractivity (Wildman–Crippen MR) is 75.3 cm³/mol. The normalized spacial score (nSPS) is 14.3. The first-order chi connectivity index (χ1) is 12.7. The molecule has 0 saturated heterocycles. The molecule has 1 rings (SSSR count). The van der Waals surface area contributed by atoms with Gasteiger partial charge < -0.3 is 5.32 Å². The number of halogens is 12. The molecular formula is C15H11F12NO. The molecule has 1 amide bonds. The summed E-state index contributed by atoms with van der Waals surface area (Å²) in [7, 11) is 0. The first-order valence-electron chi connectivity index (χ1n) is 7.31. The molecule has 14 heteroatoms. The Bertz CT molecular complexity index is 775. The summed E-state index contributed by atoms with van der Waals surface area (Å²) < 4.78 is 157. The van der Waals surface area contributed by atoms with E-state index < -0.39 is 47.6 Å². The van der Waals surface area contributed by atoms with Crippen molar-refractivity contribution in [1.82, 2.24) is 0 Å². The van der Waals surface area contributed by atoms with Crippen LogP contribution in [0.2, 0.25) is 0 Å². The largest absolute Gasteiger partial charge is 0.393 e. The molecule has 166 valence electrons. The highest BCUT2D eigenvalue weighted by Gasteiger charge is 2.89. The van der Waals surface area contributed by atoms with Gasteiger partial charge in [0.25, 0.3) is 0 Å². The van der Waals surface area contributed by atoms with Crippen LogP contribution in [0.25, 0.3) is 0 Å². The minimum absolute atomic E-state index is 0.311. The molecule has 0 aromatic heterocycles. The second kappa shape index (κ2) is 7.27. The maximum Gasteiger partial charge on any atom is 0.393 e. The number of alkyl halides is 12. The minimum Gasteiger partial charge on any atom is -0.321 e. The van der Waals surface area contributed by atoms with Gasteiger partial charge in [0.05, 0.1) is 0 Å². The van der Waals surface area contributed by atoms with Crippen molar-refractivity contribution in [1.29, 1.82) is 0 Å². The zero-order chi connectivity index (χ0) is 23.2. The van der Waals surface area contributed by atoms with E-state index in [9.17, 15) is 57.5 Å². The number of carbonyl (C=O) groups is 1. The Kier molecular flexibility index (Phi) is 6.24. The van der Waals surface area contributed by atoms with Gasteiger partial charge in [-0.1, -0.05) is 6.07 Å². The van der Waals surface area contributed by atoms with Gasteiger partial charge >= 0.3 is 41.9 Å². The molecule has 0 bridgehead atoms. The first kappa shape index (κ1) is 24.9. The molecule has 0 spiro atoms. The number of carbonyl (C=O) groups excluding carboxylic acids is 1. The molecule has 1 aromatic rings. The van der Waals surface area contributed by atoms with Crippen molar-refractivity contribution in [3.8, 4) is 0 Å². The fraction of sp³-hybridized carbons (Fsp3) is 0.533. The number of amides is 1. The fourth-order valence-electron chi connectivity index (χ4n) is 1.91. The van der Waals surface area contributed by atoms with Gasteiger partial charge in [-0.25, -0.2) is 8.78 Å². The molecule has 1 aromatic carbocycles. The molecule has 0 aliphatic rings. The molecule has 0 heterocycles. The maximum atomic E-state index is 13.7. The van der Waals surface area contributed by atoms with Gasteiger partial charge in [-0.3, -0.25) is 4.79 Å². The summed E-state index contributed by atoms with van der Waals surface area (Å²) in [6.07, 6.45) is -5.60. The molecule has 2 nitrogen and oxygen atoms in total. The third-order valence-electron chi connectivity index (χ3n) is 3.93. The minimum atomic E-state index is -7.75. The van der Waals surface area contributed by atoms with Gasteiger partial charge in [0.15, 0.2) is 0 Å². The molecule has 0 atom stereocenters. The molecule has 0 aliphatic carbocycles. The second-order valence-corrected chi connectivity index (χ2v) is 5.97. The van der Waals surface area contributed by atoms with Crippen LogP contribution in [0.1, 0.15) is 11.1 Å². The Morgan fingerprint density at radius 3 is 1.69 bits per heavy atom. The van der Waals surface area contributed by atoms with Crippen LogP contribution < -0.4 is 5.32 Å². The monoisotopic (exact) mass is 449 g/mol. The highest BCUT2D eigenvalue weighted by Crippen LogP contribution is 2.58. The lowest BCUT2D eigenvalue weighted by Gasteiger charge is -2.38. The lowest BCUT2D eigenvalue weighted by atomic mass is 9.94.